The predicted octanol–water partition coefficient (Wildman–Crippen LogP) is 5.11. The molecule has 1 fully saturated rings. The van der Waals surface area contributed by atoms with Crippen LogP contribution in [0.3, 0.4) is 0 Å². The summed E-state index contributed by atoms with van der Waals surface area (Å²) in [4.78, 5) is 0. The number of aromatic nitrogens is 1. The molecule has 152 valence electrons. The zero-order valence-corrected chi connectivity index (χ0v) is 16.1. The standard InChI is InChI=1S/C22H22F3N3O/c1-27-15-7-5-14(6-8-15)21-19(12-26)18-10-9-17(29-13-22(23,24)25)11-20(18)28(21)16-3-2-4-16/h5-7,9-11,15-16,27H,2-4,8,13H2,1H3. The predicted molar refractivity (Wildman–Crippen MR) is 106 cm³/mol. The van der Waals surface area contributed by atoms with Crippen LogP contribution >= 0.6 is 0 Å². The fourth-order valence-corrected chi connectivity index (χ4v) is 3.98. The van der Waals surface area contributed by atoms with Crippen LogP contribution in [0.15, 0.2) is 36.4 Å². The molecule has 2 aliphatic carbocycles. The van der Waals surface area contributed by atoms with Crippen LogP contribution in [0.25, 0.3) is 16.5 Å². The molecule has 0 radical (unpaired) electrons. The number of benzene rings is 1. The molecule has 1 aromatic heterocycles. The SMILES string of the molecule is CNC1C=CC(c2c(C#N)c3ccc(OCC(F)(F)F)cc3n2C2CCC2)=CC1. The van der Waals surface area contributed by atoms with Crippen LogP contribution in [0.2, 0.25) is 0 Å². The van der Waals surface area contributed by atoms with E-state index in [1.54, 1.807) is 12.1 Å². The van der Waals surface area contributed by atoms with Gasteiger partial charge < -0.3 is 14.6 Å². The molecule has 7 heteroatoms. The minimum absolute atomic E-state index is 0.160. The number of allylic oxidation sites excluding steroid dienone is 2. The zero-order chi connectivity index (χ0) is 20.6. The lowest BCUT2D eigenvalue weighted by molar-refractivity contribution is -0.153. The first kappa shape index (κ1) is 19.6. The lowest BCUT2D eigenvalue weighted by Crippen LogP contribution is -2.24. The summed E-state index contributed by atoms with van der Waals surface area (Å²) in [5, 5.41) is 13.9. The Labute approximate surface area is 167 Å². The fraction of sp³-hybridized carbons (Fsp3) is 0.409. The van der Waals surface area contributed by atoms with Crippen molar-refractivity contribution >= 4 is 16.5 Å². The van der Waals surface area contributed by atoms with Crippen molar-refractivity contribution in [1.29, 1.82) is 5.26 Å². The molecule has 1 heterocycles. The topological polar surface area (TPSA) is 50.0 Å². The molecule has 0 aliphatic heterocycles. The van der Waals surface area contributed by atoms with Gasteiger partial charge in [-0.25, -0.2) is 0 Å². The highest BCUT2D eigenvalue weighted by Gasteiger charge is 2.30. The number of rotatable bonds is 5. The number of hydrogen-bond acceptors (Lipinski definition) is 3. The van der Waals surface area contributed by atoms with E-state index < -0.39 is 12.8 Å². The van der Waals surface area contributed by atoms with E-state index in [1.165, 1.54) is 6.07 Å². The van der Waals surface area contributed by atoms with E-state index in [9.17, 15) is 18.4 Å². The van der Waals surface area contributed by atoms with Crippen molar-refractivity contribution in [2.45, 2.75) is 43.9 Å². The minimum atomic E-state index is -4.39. The van der Waals surface area contributed by atoms with Gasteiger partial charge in [0.15, 0.2) is 6.61 Å². The van der Waals surface area contributed by atoms with Gasteiger partial charge in [0.2, 0.25) is 0 Å². The molecule has 0 spiro atoms. The quantitative estimate of drug-likeness (QED) is 0.757. The van der Waals surface area contributed by atoms with Crippen LogP contribution in [-0.4, -0.2) is 30.4 Å². The van der Waals surface area contributed by atoms with Crippen LogP contribution < -0.4 is 10.1 Å². The van der Waals surface area contributed by atoms with E-state index in [2.05, 4.69) is 28.1 Å². The molecule has 29 heavy (non-hydrogen) atoms. The largest absolute Gasteiger partial charge is 0.484 e. The number of ether oxygens (including phenoxy) is 1. The van der Waals surface area contributed by atoms with E-state index in [0.717, 1.165) is 47.9 Å². The highest BCUT2D eigenvalue weighted by Crippen LogP contribution is 2.42. The van der Waals surface area contributed by atoms with Crippen LogP contribution in [0.5, 0.6) is 5.75 Å². The van der Waals surface area contributed by atoms with Crippen LogP contribution in [0.4, 0.5) is 13.2 Å². The molecule has 4 rings (SSSR count). The van der Waals surface area contributed by atoms with Crippen LogP contribution in [-0.2, 0) is 0 Å². The van der Waals surface area contributed by atoms with Crippen molar-refractivity contribution < 1.29 is 17.9 Å². The van der Waals surface area contributed by atoms with Gasteiger partial charge in [0.25, 0.3) is 0 Å². The van der Waals surface area contributed by atoms with E-state index in [4.69, 9.17) is 4.74 Å². The minimum Gasteiger partial charge on any atom is -0.484 e. The zero-order valence-electron chi connectivity index (χ0n) is 16.1. The molecule has 2 aromatic rings. The molecular weight excluding hydrogens is 379 g/mol. The van der Waals surface area contributed by atoms with Gasteiger partial charge in [0.1, 0.15) is 11.8 Å². The Hall–Kier alpha value is -2.72. The van der Waals surface area contributed by atoms with E-state index in [0.29, 0.717) is 5.56 Å². The Morgan fingerprint density at radius 1 is 1.31 bits per heavy atom. The van der Waals surface area contributed by atoms with Gasteiger partial charge in [0.05, 0.1) is 16.8 Å². The molecule has 0 bridgehead atoms. The maximum Gasteiger partial charge on any atom is 0.422 e. The van der Waals surface area contributed by atoms with Crippen molar-refractivity contribution in [2.75, 3.05) is 13.7 Å². The molecule has 1 saturated carbocycles. The molecule has 0 saturated heterocycles. The number of nitrogens with zero attached hydrogens (tertiary/aromatic N) is 2. The van der Waals surface area contributed by atoms with E-state index >= 15 is 0 Å². The number of alkyl halides is 3. The molecule has 1 N–H and O–H groups in total. The Balaban J connectivity index is 1.83. The molecule has 1 aromatic carbocycles. The summed E-state index contributed by atoms with van der Waals surface area (Å²) < 4.78 is 44.8. The fourth-order valence-electron chi connectivity index (χ4n) is 3.98. The highest BCUT2D eigenvalue weighted by molar-refractivity contribution is 5.95. The van der Waals surface area contributed by atoms with Crippen molar-refractivity contribution in [2.24, 2.45) is 0 Å². The second kappa shape index (κ2) is 7.60. The maximum atomic E-state index is 12.6. The first-order valence-corrected chi connectivity index (χ1v) is 9.75. The average molecular weight is 401 g/mol. The van der Waals surface area contributed by atoms with Gasteiger partial charge >= 0.3 is 6.18 Å². The van der Waals surface area contributed by atoms with Gasteiger partial charge in [-0.3, -0.25) is 0 Å². The summed E-state index contributed by atoms with van der Waals surface area (Å²) in [5.74, 6) is 0.160. The lowest BCUT2D eigenvalue weighted by atomic mass is 9.91. The van der Waals surface area contributed by atoms with Crippen molar-refractivity contribution in [3.63, 3.8) is 0 Å². The Morgan fingerprint density at radius 2 is 2.10 bits per heavy atom. The van der Waals surface area contributed by atoms with E-state index in [-0.39, 0.29) is 17.8 Å². The molecular formula is C22H22F3N3O. The summed E-state index contributed by atoms with van der Waals surface area (Å²) in [6, 6.07) is 7.66. The summed E-state index contributed by atoms with van der Waals surface area (Å²) in [7, 11) is 1.91. The molecule has 1 unspecified atom stereocenters. The second-order valence-corrected chi connectivity index (χ2v) is 7.52. The third-order valence-corrected chi connectivity index (χ3v) is 5.67. The Morgan fingerprint density at radius 3 is 2.66 bits per heavy atom. The number of nitriles is 1. The maximum absolute atomic E-state index is 12.6. The first-order chi connectivity index (χ1) is 13.9. The average Bonchev–Trinajstić information content (AvgIpc) is 2.98. The first-order valence-electron chi connectivity index (χ1n) is 9.75. The van der Waals surface area contributed by atoms with Crippen LogP contribution in [0, 0.1) is 11.3 Å². The number of nitrogens with one attached hydrogen (secondary N) is 1. The number of hydrogen-bond donors (Lipinski definition) is 1. The van der Waals surface area contributed by atoms with E-state index in [1.807, 2.05) is 13.1 Å². The summed E-state index contributed by atoms with van der Waals surface area (Å²) >= 11 is 0. The number of halogens is 3. The third kappa shape index (κ3) is 3.77. The van der Waals surface area contributed by atoms with Gasteiger partial charge in [-0.15, -0.1) is 0 Å². The van der Waals surface area contributed by atoms with Gasteiger partial charge in [-0.2, -0.15) is 18.4 Å². The van der Waals surface area contributed by atoms with Crippen molar-refractivity contribution in [3.05, 3.63) is 47.7 Å². The van der Waals surface area contributed by atoms with Gasteiger partial charge in [-0.05, 0) is 50.4 Å². The molecule has 0 amide bonds. The monoisotopic (exact) mass is 401 g/mol. The van der Waals surface area contributed by atoms with Gasteiger partial charge in [-0.1, -0.05) is 18.2 Å². The third-order valence-electron chi connectivity index (χ3n) is 5.67. The summed E-state index contributed by atoms with van der Waals surface area (Å²) in [6.07, 6.45) is 5.73. The van der Waals surface area contributed by atoms with Gasteiger partial charge in [0, 0.05) is 23.5 Å². The van der Waals surface area contributed by atoms with Crippen molar-refractivity contribution in [1.82, 2.24) is 9.88 Å². The lowest BCUT2D eigenvalue weighted by Gasteiger charge is -2.31. The Bertz CT molecular complexity index is 1020. The molecule has 2 aliphatic rings. The normalized spacial score (nSPS) is 19.7. The van der Waals surface area contributed by atoms with Crippen molar-refractivity contribution in [3.8, 4) is 11.8 Å². The Kier molecular flexibility index (Phi) is 5.13. The second-order valence-electron chi connectivity index (χ2n) is 7.52. The number of likely N-dealkylation sites (N-methyl/N-ethyl adjacent to an activating group) is 1. The summed E-state index contributed by atoms with van der Waals surface area (Å²) in [6.45, 7) is -1.33. The van der Waals surface area contributed by atoms with Crippen LogP contribution in [0.1, 0.15) is 43.0 Å². The highest BCUT2D eigenvalue weighted by atomic mass is 19.4. The smallest absolute Gasteiger partial charge is 0.422 e. The molecule has 4 nitrogen and oxygen atoms in total. The number of fused-ring (bicyclic) bond motifs is 1. The molecule has 1 atom stereocenters. The summed E-state index contributed by atoms with van der Waals surface area (Å²) in [5.41, 5.74) is 3.15.